The monoisotopic (exact) mass is 208 g/mol. The predicted octanol–water partition coefficient (Wildman–Crippen LogP) is 0.637. The number of hydrogen-bond donors (Lipinski definition) is 2. The standard InChI is InChI=1S/C11H20N4/c1-15-8-9(7-14-15)6-13-11-4-2-3-10(11)5-12/h7-8,10-11,13H,2-6,12H2,1H3. The molecule has 0 spiro atoms. The molecule has 84 valence electrons. The number of rotatable bonds is 4. The molecule has 1 aliphatic rings. The molecular formula is C11H20N4. The third kappa shape index (κ3) is 2.58. The van der Waals surface area contributed by atoms with E-state index in [0.717, 1.165) is 13.1 Å². The van der Waals surface area contributed by atoms with Crippen molar-refractivity contribution in [3.05, 3.63) is 18.0 Å². The highest BCUT2D eigenvalue weighted by Gasteiger charge is 2.25. The van der Waals surface area contributed by atoms with Gasteiger partial charge in [-0.1, -0.05) is 6.42 Å². The average molecular weight is 208 g/mol. The van der Waals surface area contributed by atoms with E-state index in [0.29, 0.717) is 12.0 Å². The minimum atomic E-state index is 0.607. The summed E-state index contributed by atoms with van der Waals surface area (Å²) in [5, 5.41) is 7.73. The van der Waals surface area contributed by atoms with Crippen LogP contribution in [0.15, 0.2) is 12.4 Å². The molecular weight excluding hydrogens is 188 g/mol. The van der Waals surface area contributed by atoms with E-state index in [4.69, 9.17) is 5.73 Å². The molecule has 0 radical (unpaired) electrons. The van der Waals surface area contributed by atoms with E-state index in [2.05, 4.69) is 16.6 Å². The van der Waals surface area contributed by atoms with Crippen LogP contribution in [0.3, 0.4) is 0 Å². The van der Waals surface area contributed by atoms with Crippen LogP contribution in [-0.4, -0.2) is 22.4 Å². The van der Waals surface area contributed by atoms with Crippen molar-refractivity contribution in [2.45, 2.75) is 31.8 Å². The third-order valence-electron chi connectivity index (χ3n) is 3.29. The molecule has 2 atom stereocenters. The normalized spacial score (nSPS) is 26.0. The molecule has 1 saturated carbocycles. The summed E-state index contributed by atoms with van der Waals surface area (Å²) in [6.07, 6.45) is 7.83. The Morgan fingerprint density at radius 3 is 3.13 bits per heavy atom. The Morgan fingerprint density at radius 2 is 2.47 bits per heavy atom. The molecule has 4 nitrogen and oxygen atoms in total. The third-order valence-corrected chi connectivity index (χ3v) is 3.29. The SMILES string of the molecule is Cn1cc(CNC2CCCC2CN)cn1. The van der Waals surface area contributed by atoms with Gasteiger partial charge in [0, 0.05) is 31.4 Å². The molecule has 3 N–H and O–H groups in total. The van der Waals surface area contributed by atoms with Crippen LogP contribution in [0, 0.1) is 5.92 Å². The zero-order valence-corrected chi connectivity index (χ0v) is 9.32. The van der Waals surface area contributed by atoms with Crippen LogP contribution in [0.4, 0.5) is 0 Å². The van der Waals surface area contributed by atoms with Crippen LogP contribution in [0.25, 0.3) is 0 Å². The number of hydrogen-bond acceptors (Lipinski definition) is 3. The summed E-state index contributed by atoms with van der Waals surface area (Å²) >= 11 is 0. The summed E-state index contributed by atoms with van der Waals surface area (Å²) < 4.78 is 1.84. The number of nitrogens with zero attached hydrogens (tertiary/aromatic N) is 2. The van der Waals surface area contributed by atoms with Gasteiger partial charge >= 0.3 is 0 Å². The van der Waals surface area contributed by atoms with Crippen LogP contribution < -0.4 is 11.1 Å². The summed E-state index contributed by atoms with van der Waals surface area (Å²) in [6.45, 7) is 1.72. The van der Waals surface area contributed by atoms with Crippen LogP contribution in [0.1, 0.15) is 24.8 Å². The highest BCUT2D eigenvalue weighted by Crippen LogP contribution is 2.24. The predicted molar refractivity (Wildman–Crippen MR) is 60.2 cm³/mol. The molecule has 1 aromatic heterocycles. The van der Waals surface area contributed by atoms with E-state index in [9.17, 15) is 0 Å². The van der Waals surface area contributed by atoms with Gasteiger partial charge in [-0.25, -0.2) is 0 Å². The number of aromatic nitrogens is 2. The lowest BCUT2D eigenvalue weighted by atomic mass is 10.0. The Morgan fingerprint density at radius 1 is 1.60 bits per heavy atom. The Labute approximate surface area is 90.8 Å². The largest absolute Gasteiger partial charge is 0.330 e. The van der Waals surface area contributed by atoms with E-state index in [-0.39, 0.29) is 0 Å². The van der Waals surface area contributed by atoms with Crippen molar-refractivity contribution in [3.8, 4) is 0 Å². The molecule has 0 saturated heterocycles. The van der Waals surface area contributed by atoms with Gasteiger partial charge in [0.15, 0.2) is 0 Å². The number of nitrogens with one attached hydrogen (secondary N) is 1. The number of aryl methyl sites for hydroxylation is 1. The van der Waals surface area contributed by atoms with Gasteiger partial charge < -0.3 is 11.1 Å². The Hall–Kier alpha value is -0.870. The first kappa shape index (κ1) is 10.6. The molecule has 2 unspecified atom stereocenters. The van der Waals surface area contributed by atoms with Crippen LogP contribution in [-0.2, 0) is 13.6 Å². The van der Waals surface area contributed by atoms with Gasteiger partial charge in [-0.05, 0) is 25.3 Å². The van der Waals surface area contributed by atoms with Crippen molar-refractivity contribution in [2.24, 2.45) is 18.7 Å². The lowest BCUT2D eigenvalue weighted by Gasteiger charge is -2.18. The molecule has 0 aliphatic heterocycles. The van der Waals surface area contributed by atoms with Gasteiger partial charge in [0.25, 0.3) is 0 Å². The van der Waals surface area contributed by atoms with Crippen molar-refractivity contribution in [1.29, 1.82) is 0 Å². The lowest BCUT2D eigenvalue weighted by molar-refractivity contribution is 0.406. The van der Waals surface area contributed by atoms with Gasteiger partial charge in [0.05, 0.1) is 6.20 Å². The molecule has 1 heterocycles. The molecule has 0 aromatic carbocycles. The fraction of sp³-hybridized carbons (Fsp3) is 0.727. The Kier molecular flexibility index (Phi) is 3.38. The van der Waals surface area contributed by atoms with Crippen molar-refractivity contribution >= 4 is 0 Å². The van der Waals surface area contributed by atoms with Gasteiger partial charge in [0.1, 0.15) is 0 Å². The van der Waals surface area contributed by atoms with Crippen molar-refractivity contribution < 1.29 is 0 Å². The van der Waals surface area contributed by atoms with E-state index in [1.54, 1.807) is 0 Å². The molecule has 1 fully saturated rings. The van der Waals surface area contributed by atoms with E-state index < -0.39 is 0 Å². The van der Waals surface area contributed by atoms with Gasteiger partial charge in [-0.2, -0.15) is 5.10 Å². The topological polar surface area (TPSA) is 55.9 Å². The summed E-state index contributed by atoms with van der Waals surface area (Å²) in [5.41, 5.74) is 6.99. The highest BCUT2D eigenvalue weighted by atomic mass is 15.2. The van der Waals surface area contributed by atoms with Gasteiger partial charge in [0.2, 0.25) is 0 Å². The first-order valence-corrected chi connectivity index (χ1v) is 5.70. The van der Waals surface area contributed by atoms with E-state index >= 15 is 0 Å². The van der Waals surface area contributed by atoms with E-state index in [1.165, 1.54) is 24.8 Å². The number of nitrogens with two attached hydrogens (primary N) is 1. The maximum absolute atomic E-state index is 5.74. The lowest BCUT2D eigenvalue weighted by Crippen LogP contribution is -2.35. The van der Waals surface area contributed by atoms with Gasteiger partial charge in [-0.15, -0.1) is 0 Å². The maximum Gasteiger partial charge on any atom is 0.0534 e. The quantitative estimate of drug-likeness (QED) is 0.763. The van der Waals surface area contributed by atoms with Gasteiger partial charge in [-0.3, -0.25) is 4.68 Å². The fourth-order valence-corrected chi connectivity index (χ4v) is 2.40. The highest BCUT2D eigenvalue weighted by molar-refractivity contribution is 5.03. The smallest absolute Gasteiger partial charge is 0.0534 e. The molecule has 1 aromatic rings. The minimum absolute atomic E-state index is 0.607. The van der Waals surface area contributed by atoms with Crippen molar-refractivity contribution in [1.82, 2.24) is 15.1 Å². The maximum atomic E-state index is 5.74. The molecule has 4 heteroatoms. The van der Waals surface area contributed by atoms with Crippen LogP contribution in [0.2, 0.25) is 0 Å². The summed E-state index contributed by atoms with van der Waals surface area (Å²) in [5.74, 6) is 0.668. The second-order valence-corrected chi connectivity index (χ2v) is 4.44. The zero-order valence-electron chi connectivity index (χ0n) is 9.32. The molecule has 2 rings (SSSR count). The molecule has 0 bridgehead atoms. The summed E-state index contributed by atoms with van der Waals surface area (Å²) in [6, 6.07) is 0.607. The molecule has 15 heavy (non-hydrogen) atoms. The summed E-state index contributed by atoms with van der Waals surface area (Å²) in [4.78, 5) is 0. The summed E-state index contributed by atoms with van der Waals surface area (Å²) in [7, 11) is 1.95. The first-order valence-electron chi connectivity index (χ1n) is 5.70. The Balaban J connectivity index is 1.82. The average Bonchev–Trinajstić information content (AvgIpc) is 2.83. The molecule has 0 amide bonds. The van der Waals surface area contributed by atoms with Crippen molar-refractivity contribution in [2.75, 3.05) is 6.54 Å². The molecule has 1 aliphatic carbocycles. The van der Waals surface area contributed by atoms with Crippen LogP contribution in [0.5, 0.6) is 0 Å². The zero-order chi connectivity index (χ0) is 10.7. The first-order chi connectivity index (χ1) is 7.29. The Bertz CT molecular complexity index is 307. The van der Waals surface area contributed by atoms with E-state index in [1.807, 2.05) is 17.9 Å². The van der Waals surface area contributed by atoms with Crippen LogP contribution >= 0.6 is 0 Å². The second-order valence-electron chi connectivity index (χ2n) is 4.44. The van der Waals surface area contributed by atoms with Crippen molar-refractivity contribution in [3.63, 3.8) is 0 Å². The minimum Gasteiger partial charge on any atom is -0.330 e. The fourth-order valence-electron chi connectivity index (χ4n) is 2.40. The second kappa shape index (κ2) is 4.77.